The molecule has 0 fully saturated rings. The number of anilines is 1. The van der Waals surface area contributed by atoms with Gasteiger partial charge in [0.25, 0.3) is 11.8 Å². The molecule has 0 unspecified atom stereocenters. The number of aryl methyl sites for hydroxylation is 1. The first kappa shape index (κ1) is 27.1. The Balaban J connectivity index is 1.61. The number of amides is 2. The molecule has 3 rings (SSSR count). The highest BCUT2D eigenvalue weighted by Gasteiger charge is 2.12. The van der Waals surface area contributed by atoms with Gasteiger partial charge in [-0.25, -0.2) is 5.43 Å². The van der Waals surface area contributed by atoms with Crippen LogP contribution in [0.4, 0.5) is 5.69 Å². The molecule has 9 heteroatoms. The Morgan fingerprint density at radius 2 is 1.59 bits per heavy atom. The molecule has 0 radical (unpaired) electrons. The Hall–Kier alpha value is -4.53. The molecule has 2 N–H and O–H groups in total. The number of nitrogens with one attached hydrogen (secondary N) is 2. The van der Waals surface area contributed by atoms with Crippen molar-refractivity contribution in [1.29, 1.82) is 0 Å². The molecule has 0 spiro atoms. The summed E-state index contributed by atoms with van der Waals surface area (Å²) in [5.74, 6) is 1.21. The van der Waals surface area contributed by atoms with E-state index in [1.165, 1.54) is 13.3 Å². The van der Waals surface area contributed by atoms with Crippen LogP contribution in [0.3, 0.4) is 0 Å². The Morgan fingerprint density at radius 3 is 2.30 bits per heavy atom. The van der Waals surface area contributed by atoms with Crippen LogP contribution in [0, 0.1) is 6.92 Å². The summed E-state index contributed by atoms with van der Waals surface area (Å²) in [6.45, 7) is 6.32. The lowest BCUT2D eigenvalue weighted by Gasteiger charge is -2.13. The maximum Gasteiger partial charge on any atom is 0.271 e. The van der Waals surface area contributed by atoms with Gasteiger partial charge >= 0.3 is 0 Å². The van der Waals surface area contributed by atoms with Gasteiger partial charge in [-0.05, 0) is 80.4 Å². The second kappa shape index (κ2) is 13.5. The largest absolute Gasteiger partial charge is 0.493 e. The van der Waals surface area contributed by atoms with E-state index in [0.717, 1.165) is 5.56 Å². The van der Waals surface area contributed by atoms with E-state index in [1.54, 1.807) is 36.4 Å². The van der Waals surface area contributed by atoms with Crippen LogP contribution in [0.2, 0.25) is 0 Å². The van der Waals surface area contributed by atoms with Crippen LogP contribution in [0.25, 0.3) is 0 Å². The smallest absolute Gasteiger partial charge is 0.271 e. The monoisotopic (exact) mass is 505 g/mol. The lowest BCUT2D eigenvalue weighted by atomic mass is 10.2. The van der Waals surface area contributed by atoms with Gasteiger partial charge in [-0.1, -0.05) is 12.1 Å². The van der Waals surface area contributed by atoms with Gasteiger partial charge in [0.05, 0.1) is 26.5 Å². The van der Waals surface area contributed by atoms with Gasteiger partial charge in [0.1, 0.15) is 0 Å². The van der Waals surface area contributed by atoms with E-state index < -0.39 is 5.91 Å². The van der Waals surface area contributed by atoms with Crippen LogP contribution in [0.1, 0.15) is 35.3 Å². The normalized spacial score (nSPS) is 10.6. The average molecular weight is 506 g/mol. The van der Waals surface area contributed by atoms with E-state index in [9.17, 15) is 9.59 Å². The highest BCUT2D eigenvalue weighted by Crippen LogP contribution is 2.29. The maximum atomic E-state index is 12.5. The summed E-state index contributed by atoms with van der Waals surface area (Å²) in [7, 11) is 1.54. The first-order valence-electron chi connectivity index (χ1n) is 11.8. The fourth-order valence-corrected chi connectivity index (χ4v) is 3.37. The van der Waals surface area contributed by atoms with Crippen molar-refractivity contribution >= 4 is 23.7 Å². The standard InChI is InChI=1S/C28H31N3O6/c1-5-35-25-15-20(10-12-24(25)37-18-27(32)30-22-9-7-8-19(3)14-22)17-29-31-28(33)21-11-13-23(34-4)26(16-21)36-6-2/h7-17H,5-6,18H2,1-4H3,(H,30,32)(H,31,33)/b29-17+. The van der Waals surface area contributed by atoms with Crippen LogP contribution in [0.5, 0.6) is 23.0 Å². The third-order valence-electron chi connectivity index (χ3n) is 5.03. The van der Waals surface area contributed by atoms with E-state index in [0.29, 0.717) is 53.0 Å². The minimum absolute atomic E-state index is 0.177. The molecule has 2 amide bonds. The summed E-state index contributed by atoms with van der Waals surface area (Å²) >= 11 is 0. The van der Waals surface area contributed by atoms with Crippen molar-refractivity contribution in [1.82, 2.24) is 5.43 Å². The number of rotatable bonds is 12. The zero-order valence-electron chi connectivity index (χ0n) is 21.4. The van der Waals surface area contributed by atoms with Gasteiger partial charge in [0.15, 0.2) is 29.6 Å². The van der Waals surface area contributed by atoms with Crippen LogP contribution in [-0.2, 0) is 4.79 Å². The Kier molecular flexibility index (Phi) is 9.90. The van der Waals surface area contributed by atoms with E-state index in [-0.39, 0.29) is 12.5 Å². The molecule has 0 bridgehead atoms. The lowest BCUT2D eigenvalue weighted by Crippen LogP contribution is -2.20. The van der Waals surface area contributed by atoms with Gasteiger partial charge in [0.2, 0.25) is 0 Å². The minimum Gasteiger partial charge on any atom is -0.493 e. The molecule has 0 aliphatic heterocycles. The summed E-state index contributed by atoms with van der Waals surface area (Å²) in [5, 5.41) is 6.84. The highest BCUT2D eigenvalue weighted by atomic mass is 16.5. The Labute approximate surface area is 216 Å². The molecule has 0 heterocycles. The predicted octanol–water partition coefficient (Wildman–Crippen LogP) is 4.58. The number of carbonyl (C=O) groups excluding carboxylic acids is 2. The zero-order valence-corrected chi connectivity index (χ0v) is 21.4. The van der Waals surface area contributed by atoms with Crippen molar-refractivity contribution in [3.63, 3.8) is 0 Å². The number of hydrogen-bond donors (Lipinski definition) is 2. The number of nitrogens with zero attached hydrogens (tertiary/aromatic N) is 1. The summed E-state index contributed by atoms with van der Waals surface area (Å²) in [6, 6.07) is 17.6. The molecule has 0 aliphatic rings. The molecule has 0 saturated carbocycles. The molecule has 0 saturated heterocycles. The van der Waals surface area contributed by atoms with E-state index in [2.05, 4.69) is 15.8 Å². The minimum atomic E-state index is -0.399. The fraction of sp³-hybridized carbons (Fsp3) is 0.250. The number of methoxy groups -OCH3 is 1. The predicted molar refractivity (Wildman–Crippen MR) is 142 cm³/mol. The van der Waals surface area contributed by atoms with E-state index in [1.807, 2.05) is 45.0 Å². The zero-order chi connectivity index (χ0) is 26.6. The molecule has 0 aromatic heterocycles. The SMILES string of the molecule is CCOc1cc(C(=O)N/N=C/c2ccc(OCC(=O)Nc3cccc(C)c3)c(OCC)c2)ccc1OC. The van der Waals surface area contributed by atoms with Gasteiger partial charge < -0.3 is 24.3 Å². The van der Waals surface area contributed by atoms with Crippen molar-refractivity contribution in [2.75, 3.05) is 32.2 Å². The van der Waals surface area contributed by atoms with E-state index in [4.69, 9.17) is 18.9 Å². The first-order chi connectivity index (χ1) is 17.9. The average Bonchev–Trinajstić information content (AvgIpc) is 2.88. The topological polar surface area (TPSA) is 107 Å². The second-order valence-electron chi connectivity index (χ2n) is 7.84. The van der Waals surface area contributed by atoms with Gasteiger partial charge in [0, 0.05) is 11.3 Å². The third-order valence-corrected chi connectivity index (χ3v) is 5.03. The fourth-order valence-electron chi connectivity index (χ4n) is 3.37. The van der Waals surface area contributed by atoms with Gasteiger partial charge in [-0.2, -0.15) is 5.10 Å². The molecule has 194 valence electrons. The van der Waals surface area contributed by atoms with Crippen molar-refractivity contribution in [2.24, 2.45) is 5.10 Å². The molecular weight excluding hydrogens is 474 g/mol. The van der Waals surface area contributed by atoms with Crippen molar-refractivity contribution in [3.8, 4) is 23.0 Å². The Morgan fingerprint density at radius 1 is 0.865 bits per heavy atom. The Bertz CT molecular complexity index is 1260. The summed E-state index contributed by atoms with van der Waals surface area (Å²) in [6.07, 6.45) is 1.49. The van der Waals surface area contributed by atoms with Crippen LogP contribution >= 0.6 is 0 Å². The van der Waals surface area contributed by atoms with Crippen LogP contribution in [0.15, 0.2) is 65.8 Å². The number of hydrazone groups is 1. The number of carbonyl (C=O) groups is 2. The second-order valence-corrected chi connectivity index (χ2v) is 7.84. The molecule has 9 nitrogen and oxygen atoms in total. The first-order valence-corrected chi connectivity index (χ1v) is 11.8. The summed E-state index contributed by atoms with van der Waals surface area (Å²) in [4.78, 5) is 24.8. The number of hydrogen-bond acceptors (Lipinski definition) is 7. The molecule has 3 aromatic carbocycles. The van der Waals surface area contributed by atoms with E-state index >= 15 is 0 Å². The summed E-state index contributed by atoms with van der Waals surface area (Å²) < 4.78 is 22.1. The maximum absolute atomic E-state index is 12.5. The van der Waals surface area contributed by atoms with Crippen molar-refractivity contribution < 1.29 is 28.5 Å². The highest BCUT2D eigenvalue weighted by molar-refractivity contribution is 5.95. The van der Waals surface area contributed by atoms with Crippen molar-refractivity contribution in [2.45, 2.75) is 20.8 Å². The molecule has 0 atom stereocenters. The lowest BCUT2D eigenvalue weighted by molar-refractivity contribution is -0.118. The number of ether oxygens (including phenoxy) is 4. The van der Waals surface area contributed by atoms with Gasteiger partial charge in [-0.3, -0.25) is 9.59 Å². The van der Waals surface area contributed by atoms with Crippen molar-refractivity contribution in [3.05, 3.63) is 77.4 Å². The van der Waals surface area contributed by atoms with Gasteiger partial charge in [-0.15, -0.1) is 0 Å². The summed E-state index contributed by atoms with van der Waals surface area (Å²) in [5.41, 5.74) is 5.30. The third kappa shape index (κ3) is 7.99. The van der Waals surface area contributed by atoms with Crippen LogP contribution < -0.4 is 29.7 Å². The van der Waals surface area contributed by atoms with Crippen LogP contribution in [-0.4, -0.2) is 45.0 Å². The molecule has 3 aromatic rings. The quantitative estimate of drug-likeness (QED) is 0.276. The molecule has 0 aliphatic carbocycles. The molecule has 37 heavy (non-hydrogen) atoms. The molecular formula is C28H31N3O6. The number of benzene rings is 3.